The van der Waals surface area contributed by atoms with E-state index in [2.05, 4.69) is 5.32 Å². The normalized spacial score (nSPS) is 11.8. The van der Waals surface area contributed by atoms with Crippen molar-refractivity contribution >= 4 is 28.7 Å². The third kappa shape index (κ3) is 7.60. The van der Waals surface area contributed by atoms with Crippen LogP contribution in [0.3, 0.4) is 0 Å². The van der Waals surface area contributed by atoms with Gasteiger partial charge in [-0.25, -0.2) is 8.78 Å². The van der Waals surface area contributed by atoms with Gasteiger partial charge in [-0.3, -0.25) is 10.2 Å². The molecule has 0 saturated carbocycles. The molecule has 0 aliphatic heterocycles. The van der Waals surface area contributed by atoms with Crippen LogP contribution in [-0.2, 0) is 4.79 Å². The van der Waals surface area contributed by atoms with E-state index in [1.165, 1.54) is 41.3 Å². The summed E-state index contributed by atoms with van der Waals surface area (Å²) in [5.41, 5.74) is 7.65. The van der Waals surface area contributed by atoms with E-state index in [9.17, 15) is 18.0 Å². The summed E-state index contributed by atoms with van der Waals surface area (Å²) in [5, 5.41) is 10.6. The van der Waals surface area contributed by atoms with Crippen LogP contribution in [-0.4, -0.2) is 50.6 Å². The first-order valence-corrected chi connectivity index (χ1v) is 12.8. The molecule has 6 nitrogen and oxygen atoms in total. The molecule has 1 amide bonds. The smallest absolute Gasteiger partial charge is 0.245 e. The number of hydrogen-bond donors (Lipinski definition) is 3. The summed E-state index contributed by atoms with van der Waals surface area (Å²) in [4.78, 5) is 13.0. The van der Waals surface area contributed by atoms with Crippen molar-refractivity contribution in [2.45, 2.75) is 13.3 Å². The van der Waals surface area contributed by atoms with E-state index in [-0.39, 0.29) is 32.0 Å². The molecule has 0 spiro atoms. The monoisotopic (exact) mass is 554 g/mol. The Kier molecular flexibility index (Phi) is 10.7. The number of anilines is 1. The van der Waals surface area contributed by atoms with Gasteiger partial charge in [0, 0.05) is 47.4 Å². The van der Waals surface area contributed by atoms with Crippen molar-refractivity contribution in [3.63, 3.8) is 0 Å². The van der Waals surface area contributed by atoms with E-state index in [4.69, 9.17) is 15.9 Å². The Morgan fingerprint density at radius 2 is 1.73 bits per heavy atom. The van der Waals surface area contributed by atoms with Crippen LogP contribution in [0.1, 0.15) is 38.5 Å². The molecular weight excluding hydrogens is 517 g/mol. The maximum Gasteiger partial charge on any atom is 0.245 e. The van der Waals surface area contributed by atoms with Crippen LogP contribution in [0.15, 0.2) is 72.8 Å². The summed E-state index contributed by atoms with van der Waals surface area (Å²) in [6.07, 6.45) is 3.51. The number of nitrogens with one attached hydrogen (secondary N) is 2. The highest BCUT2D eigenvalue weighted by molar-refractivity contribution is 6.02. The van der Waals surface area contributed by atoms with Gasteiger partial charge in [-0.15, -0.1) is 0 Å². The topological polar surface area (TPSA) is 91.4 Å². The second-order valence-electron chi connectivity index (χ2n) is 9.13. The van der Waals surface area contributed by atoms with Gasteiger partial charge in [0.2, 0.25) is 11.9 Å². The van der Waals surface area contributed by atoms with Gasteiger partial charge < -0.3 is 20.7 Å². The van der Waals surface area contributed by atoms with Crippen molar-refractivity contribution in [3.05, 3.63) is 107 Å². The molecule has 0 radical (unpaired) electrons. The Bertz CT molecular complexity index is 1410. The molecule has 3 rings (SSSR count). The Hall–Kier alpha value is -4.37. The van der Waals surface area contributed by atoms with Crippen molar-refractivity contribution in [2.24, 2.45) is 0 Å². The third-order valence-electron chi connectivity index (χ3n) is 6.15. The molecule has 3 aromatic rings. The molecule has 0 bridgehead atoms. The van der Waals surface area contributed by atoms with Gasteiger partial charge in [-0.1, -0.05) is 37.3 Å². The van der Waals surface area contributed by atoms with Crippen LogP contribution in [0.5, 0.6) is 5.75 Å². The van der Waals surface area contributed by atoms with Gasteiger partial charge in [0.05, 0.1) is 5.56 Å². The van der Waals surface area contributed by atoms with Crippen LogP contribution in [0.4, 0.5) is 18.9 Å². The molecule has 0 unspecified atom stereocenters. The van der Waals surface area contributed by atoms with Crippen LogP contribution < -0.4 is 15.8 Å². The molecule has 0 aromatic heterocycles. The standard InChI is InChI=1S/C31H33F3N4O2.2H2/c1-4-23(30-25(32)7-5-8-26(30)33)29(21-12-15-27(35)24(19-21)31(34)36)20-10-13-22(14-11-20)40-18-17-37-16-6-9-28(39)38(2)3;;/h5-15,19,36-37H,4,16-18,35H2,1-3H3;2*1H/b9-6+,29-23+,36-31?;;. The molecule has 3 aromatic carbocycles. The number of amides is 1. The first kappa shape index (κ1) is 30.2. The van der Waals surface area contributed by atoms with Crippen molar-refractivity contribution < 1.29 is 25.6 Å². The van der Waals surface area contributed by atoms with Crippen molar-refractivity contribution in [1.29, 1.82) is 5.41 Å². The lowest BCUT2D eigenvalue weighted by molar-refractivity contribution is -0.123. The van der Waals surface area contributed by atoms with Crippen molar-refractivity contribution in [3.8, 4) is 5.75 Å². The molecule has 9 heteroatoms. The number of nitrogens with zero attached hydrogens (tertiary/aromatic N) is 1. The van der Waals surface area contributed by atoms with E-state index in [0.29, 0.717) is 47.7 Å². The predicted molar refractivity (Wildman–Crippen MR) is 158 cm³/mol. The lowest BCUT2D eigenvalue weighted by Gasteiger charge is -2.18. The van der Waals surface area contributed by atoms with Crippen LogP contribution in [0.25, 0.3) is 11.1 Å². The lowest BCUT2D eigenvalue weighted by Crippen LogP contribution is -2.22. The largest absolute Gasteiger partial charge is 0.492 e. The van der Waals surface area contributed by atoms with Gasteiger partial charge in [0.1, 0.15) is 24.0 Å². The van der Waals surface area contributed by atoms with Gasteiger partial charge in [0.15, 0.2) is 0 Å². The Morgan fingerprint density at radius 3 is 2.33 bits per heavy atom. The minimum absolute atomic E-state index is 0. The Morgan fingerprint density at radius 1 is 1.07 bits per heavy atom. The summed E-state index contributed by atoms with van der Waals surface area (Å²) in [6, 6.07) is 15.2. The number of ether oxygens (including phenoxy) is 1. The molecule has 4 N–H and O–H groups in total. The molecule has 40 heavy (non-hydrogen) atoms. The number of benzene rings is 3. The molecule has 0 aliphatic rings. The van der Waals surface area contributed by atoms with Crippen molar-refractivity contribution in [2.75, 3.05) is 39.5 Å². The number of nitrogen functional groups attached to an aromatic ring is 1. The highest BCUT2D eigenvalue weighted by Gasteiger charge is 2.20. The number of likely N-dealkylation sites (N-methyl/N-ethyl adjacent to an activating group) is 1. The first-order chi connectivity index (χ1) is 19.1. The number of nitrogens with two attached hydrogens (primary N) is 1. The Balaban J connectivity index is 0.00000441. The highest BCUT2D eigenvalue weighted by atomic mass is 19.1. The number of hydrogen-bond acceptors (Lipinski definition) is 5. The fraction of sp³-hybridized carbons (Fsp3) is 0.226. The zero-order chi connectivity index (χ0) is 29.2. The quantitative estimate of drug-likeness (QED) is 0.0804. The fourth-order valence-corrected chi connectivity index (χ4v) is 4.13. The summed E-state index contributed by atoms with van der Waals surface area (Å²) in [6.45, 7) is 3.22. The van der Waals surface area contributed by atoms with Gasteiger partial charge in [0.25, 0.3) is 0 Å². The van der Waals surface area contributed by atoms with E-state index in [1.807, 2.05) is 0 Å². The van der Waals surface area contributed by atoms with Gasteiger partial charge in [-0.05, 0) is 65.1 Å². The fourth-order valence-electron chi connectivity index (χ4n) is 4.13. The summed E-state index contributed by atoms with van der Waals surface area (Å²) in [7, 11) is 3.37. The molecule has 0 fully saturated rings. The number of rotatable bonds is 12. The van der Waals surface area contributed by atoms with E-state index in [0.717, 1.165) is 0 Å². The summed E-state index contributed by atoms with van der Waals surface area (Å²) >= 11 is 0. The highest BCUT2D eigenvalue weighted by Crippen LogP contribution is 2.38. The molecular formula is C31H37F3N4O2. The van der Waals surface area contributed by atoms with Crippen LogP contribution >= 0.6 is 0 Å². The predicted octanol–water partition coefficient (Wildman–Crippen LogP) is 6.32. The molecule has 0 atom stereocenters. The second kappa shape index (κ2) is 14.1. The summed E-state index contributed by atoms with van der Waals surface area (Å²) < 4.78 is 49.5. The number of carbonyl (C=O) groups excluding carboxylic acids is 1. The van der Waals surface area contributed by atoms with E-state index >= 15 is 0 Å². The zero-order valence-electron chi connectivity index (χ0n) is 22.7. The lowest BCUT2D eigenvalue weighted by atomic mass is 9.87. The van der Waals surface area contributed by atoms with Gasteiger partial charge >= 0.3 is 0 Å². The molecule has 0 heterocycles. The molecule has 0 saturated heterocycles. The van der Waals surface area contributed by atoms with E-state index in [1.54, 1.807) is 57.4 Å². The minimum atomic E-state index is -1.20. The number of carbonyl (C=O) groups is 1. The SMILES string of the molecule is CC/C(=C(/c1ccc(OCCNC/C=C/C(=O)N(C)C)cc1)c1ccc(N)c(C(=N)F)c1)c1c(F)cccc1F.[HH].[HH]. The second-order valence-corrected chi connectivity index (χ2v) is 9.13. The first-order valence-electron chi connectivity index (χ1n) is 12.8. The van der Waals surface area contributed by atoms with E-state index < -0.39 is 17.6 Å². The molecule has 214 valence electrons. The van der Waals surface area contributed by atoms with Crippen molar-refractivity contribution in [1.82, 2.24) is 10.2 Å². The average molecular weight is 555 g/mol. The minimum Gasteiger partial charge on any atom is -0.492 e. The maximum absolute atomic E-state index is 14.9. The van der Waals surface area contributed by atoms with Crippen LogP contribution in [0, 0.1) is 17.0 Å². The van der Waals surface area contributed by atoms with Crippen LogP contribution in [0.2, 0.25) is 0 Å². The average Bonchev–Trinajstić information content (AvgIpc) is 2.92. The maximum atomic E-state index is 14.9. The number of allylic oxidation sites excluding steroid dienone is 1. The number of halogens is 3. The van der Waals surface area contributed by atoms with Gasteiger partial charge in [-0.2, -0.15) is 4.39 Å². The third-order valence-corrected chi connectivity index (χ3v) is 6.15. The molecule has 0 aliphatic carbocycles. The summed E-state index contributed by atoms with van der Waals surface area (Å²) in [5.74, 6) is -2.13. The Labute approximate surface area is 235 Å². The zero-order valence-corrected chi connectivity index (χ0v) is 22.7.